The molecule has 3 rings (SSSR count). The van der Waals surface area contributed by atoms with Crippen molar-refractivity contribution in [2.24, 2.45) is 5.73 Å². The third-order valence-corrected chi connectivity index (χ3v) is 4.50. The lowest BCUT2D eigenvalue weighted by Crippen LogP contribution is -2.22. The average Bonchev–Trinajstić information content (AvgIpc) is 2.47. The molecule has 1 unspecified atom stereocenters. The van der Waals surface area contributed by atoms with Gasteiger partial charge in [0.15, 0.2) is 5.78 Å². The van der Waals surface area contributed by atoms with E-state index in [-0.39, 0.29) is 11.7 Å². The lowest BCUT2D eigenvalue weighted by Gasteiger charge is -2.26. The largest absolute Gasteiger partial charge is 0.329 e. The predicted molar refractivity (Wildman–Crippen MR) is 85.6 cm³/mol. The molecule has 2 N–H and O–H groups in total. The Bertz CT molecular complexity index is 616. The van der Waals surface area contributed by atoms with Crippen molar-refractivity contribution in [1.29, 1.82) is 0 Å². The van der Waals surface area contributed by atoms with Crippen molar-refractivity contribution in [3.8, 4) is 0 Å². The monoisotopic (exact) mass is 279 g/mol. The number of nitrogens with two attached hydrogens (primary N) is 1. The Morgan fingerprint density at radius 3 is 2.48 bits per heavy atom. The van der Waals surface area contributed by atoms with Crippen LogP contribution in [-0.4, -0.2) is 12.3 Å². The van der Waals surface area contributed by atoms with Crippen molar-refractivity contribution in [1.82, 2.24) is 0 Å². The van der Waals surface area contributed by atoms with Gasteiger partial charge in [-0.05, 0) is 36.0 Å². The van der Waals surface area contributed by atoms with Crippen LogP contribution in [-0.2, 0) is 0 Å². The molecule has 0 radical (unpaired) electrons. The first-order chi connectivity index (χ1) is 10.3. The van der Waals surface area contributed by atoms with E-state index in [1.54, 1.807) is 0 Å². The number of hydrogen-bond donors (Lipinski definition) is 1. The number of carbonyl (C=O) groups excluding carboxylic acids is 1. The first-order valence-electron chi connectivity index (χ1n) is 7.69. The van der Waals surface area contributed by atoms with E-state index in [1.165, 1.54) is 24.8 Å². The van der Waals surface area contributed by atoms with Crippen LogP contribution in [0.5, 0.6) is 0 Å². The van der Waals surface area contributed by atoms with Crippen LogP contribution in [0, 0.1) is 0 Å². The summed E-state index contributed by atoms with van der Waals surface area (Å²) in [5.41, 5.74) is 8.95. The molecule has 0 aromatic heterocycles. The van der Waals surface area contributed by atoms with E-state index in [1.807, 2.05) is 42.5 Å². The predicted octanol–water partition coefficient (Wildman–Crippen LogP) is 3.88. The fourth-order valence-corrected chi connectivity index (χ4v) is 2.97. The van der Waals surface area contributed by atoms with Crippen LogP contribution in [0.4, 0.5) is 0 Å². The molecule has 2 aromatic carbocycles. The maximum atomic E-state index is 12.8. The van der Waals surface area contributed by atoms with Crippen molar-refractivity contribution in [3.63, 3.8) is 0 Å². The Labute approximate surface area is 126 Å². The van der Waals surface area contributed by atoms with Gasteiger partial charge in [-0.25, -0.2) is 0 Å². The van der Waals surface area contributed by atoms with Gasteiger partial charge in [0.25, 0.3) is 0 Å². The minimum atomic E-state index is -0.247. The quantitative estimate of drug-likeness (QED) is 0.844. The molecule has 0 saturated heterocycles. The van der Waals surface area contributed by atoms with Crippen LogP contribution >= 0.6 is 0 Å². The summed E-state index contributed by atoms with van der Waals surface area (Å²) in [7, 11) is 0. The zero-order chi connectivity index (χ0) is 14.7. The van der Waals surface area contributed by atoms with Crippen molar-refractivity contribution in [2.75, 3.05) is 6.54 Å². The van der Waals surface area contributed by atoms with Gasteiger partial charge in [0.1, 0.15) is 0 Å². The van der Waals surface area contributed by atoms with Crippen LogP contribution in [0.25, 0.3) is 0 Å². The van der Waals surface area contributed by atoms with E-state index in [4.69, 9.17) is 5.73 Å². The molecule has 1 fully saturated rings. The minimum Gasteiger partial charge on any atom is -0.329 e. The van der Waals surface area contributed by atoms with Gasteiger partial charge in [-0.3, -0.25) is 4.79 Å². The van der Waals surface area contributed by atoms with Gasteiger partial charge in [-0.2, -0.15) is 0 Å². The van der Waals surface area contributed by atoms with E-state index in [0.717, 1.165) is 11.1 Å². The Kier molecular flexibility index (Phi) is 4.16. The van der Waals surface area contributed by atoms with Crippen molar-refractivity contribution in [3.05, 3.63) is 71.3 Å². The summed E-state index contributed by atoms with van der Waals surface area (Å²) < 4.78 is 0. The zero-order valence-electron chi connectivity index (χ0n) is 12.2. The van der Waals surface area contributed by atoms with E-state index in [2.05, 4.69) is 12.1 Å². The number of hydrogen-bond acceptors (Lipinski definition) is 2. The lowest BCUT2D eigenvalue weighted by molar-refractivity contribution is 0.0962. The normalized spacial score (nSPS) is 16.2. The highest BCUT2D eigenvalue weighted by Gasteiger charge is 2.23. The van der Waals surface area contributed by atoms with Crippen LogP contribution < -0.4 is 5.73 Å². The molecule has 0 heterocycles. The fourth-order valence-electron chi connectivity index (χ4n) is 2.97. The third-order valence-electron chi connectivity index (χ3n) is 4.50. The number of benzene rings is 2. The average molecular weight is 279 g/mol. The zero-order valence-corrected chi connectivity index (χ0v) is 12.2. The number of Topliss-reactive ketones (excluding diaryl/α,β-unsaturated/α-hetero) is 1. The fraction of sp³-hybridized carbons (Fsp3) is 0.316. The van der Waals surface area contributed by atoms with Gasteiger partial charge < -0.3 is 5.73 Å². The summed E-state index contributed by atoms with van der Waals surface area (Å²) in [6.07, 6.45) is 3.80. The molecule has 1 aliphatic carbocycles. The lowest BCUT2D eigenvalue weighted by atomic mass is 9.79. The molecule has 0 aliphatic heterocycles. The van der Waals surface area contributed by atoms with Gasteiger partial charge in [-0.15, -0.1) is 0 Å². The van der Waals surface area contributed by atoms with Gasteiger partial charge in [0.2, 0.25) is 0 Å². The molecule has 108 valence electrons. The van der Waals surface area contributed by atoms with Crippen molar-refractivity contribution >= 4 is 5.78 Å². The Morgan fingerprint density at radius 2 is 1.86 bits per heavy atom. The van der Waals surface area contributed by atoms with Gasteiger partial charge in [0.05, 0.1) is 5.92 Å². The second kappa shape index (κ2) is 6.23. The molecule has 21 heavy (non-hydrogen) atoms. The molecular formula is C19H21NO. The maximum absolute atomic E-state index is 12.8. The highest BCUT2D eigenvalue weighted by atomic mass is 16.1. The van der Waals surface area contributed by atoms with Crippen molar-refractivity contribution in [2.45, 2.75) is 31.1 Å². The van der Waals surface area contributed by atoms with Gasteiger partial charge in [0, 0.05) is 12.1 Å². The standard InChI is InChI=1S/C19H21NO/c20-13-18(15-6-2-1-3-7-15)19(21)17-11-5-10-16(12-17)14-8-4-9-14/h1-3,5-7,10-12,14,18H,4,8-9,13,20H2. The molecule has 0 amide bonds. The molecule has 0 bridgehead atoms. The topological polar surface area (TPSA) is 43.1 Å². The molecule has 1 aliphatic rings. The number of carbonyl (C=O) groups is 1. The molecule has 2 nitrogen and oxygen atoms in total. The Hall–Kier alpha value is -1.93. The Balaban J connectivity index is 1.86. The van der Waals surface area contributed by atoms with E-state index >= 15 is 0 Å². The minimum absolute atomic E-state index is 0.130. The van der Waals surface area contributed by atoms with Crippen LogP contribution in [0.2, 0.25) is 0 Å². The summed E-state index contributed by atoms with van der Waals surface area (Å²) in [6, 6.07) is 17.9. The summed E-state index contributed by atoms with van der Waals surface area (Å²) in [4.78, 5) is 12.8. The van der Waals surface area contributed by atoms with E-state index in [9.17, 15) is 4.79 Å². The van der Waals surface area contributed by atoms with Crippen LogP contribution in [0.15, 0.2) is 54.6 Å². The summed E-state index contributed by atoms with van der Waals surface area (Å²) in [5.74, 6) is 0.526. The van der Waals surface area contributed by atoms with Crippen LogP contribution in [0.1, 0.15) is 52.6 Å². The molecule has 1 saturated carbocycles. The second-order valence-electron chi connectivity index (χ2n) is 5.82. The SMILES string of the molecule is NCC(C(=O)c1cccc(C2CCC2)c1)c1ccccc1. The molecular weight excluding hydrogens is 258 g/mol. The summed E-state index contributed by atoms with van der Waals surface area (Å²) in [5, 5.41) is 0. The number of rotatable bonds is 5. The van der Waals surface area contributed by atoms with Crippen molar-refractivity contribution < 1.29 is 4.79 Å². The van der Waals surface area contributed by atoms with E-state index in [0.29, 0.717) is 12.5 Å². The maximum Gasteiger partial charge on any atom is 0.171 e. The number of ketones is 1. The molecule has 2 heteroatoms. The third kappa shape index (κ3) is 2.91. The van der Waals surface area contributed by atoms with E-state index < -0.39 is 0 Å². The van der Waals surface area contributed by atoms with Crippen LogP contribution in [0.3, 0.4) is 0 Å². The second-order valence-corrected chi connectivity index (χ2v) is 5.82. The molecule has 1 atom stereocenters. The highest BCUT2D eigenvalue weighted by Crippen LogP contribution is 2.36. The first-order valence-corrected chi connectivity index (χ1v) is 7.69. The smallest absolute Gasteiger partial charge is 0.171 e. The molecule has 0 spiro atoms. The van der Waals surface area contributed by atoms with Gasteiger partial charge >= 0.3 is 0 Å². The highest BCUT2D eigenvalue weighted by molar-refractivity contribution is 6.01. The van der Waals surface area contributed by atoms with Gasteiger partial charge in [-0.1, -0.05) is 55.0 Å². The Morgan fingerprint density at radius 1 is 1.10 bits per heavy atom. The summed E-state index contributed by atoms with van der Waals surface area (Å²) in [6.45, 7) is 0.344. The molecule has 2 aromatic rings. The summed E-state index contributed by atoms with van der Waals surface area (Å²) >= 11 is 0. The first kappa shape index (κ1) is 14.0.